The Labute approximate surface area is 133 Å². The van der Waals surface area contributed by atoms with E-state index in [2.05, 4.69) is 15.3 Å². The summed E-state index contributed by atoms with van der Waals surface area (Å²) in [5.74, 6) is -0.315. The zero-order valence-corrected chi connectivity index (χ0v) is 13.1. The maximum absolute atomic E-state index is 14.2. The number of halogens is 3. The highest BCUT2D eigenvalue weighted by Crippen LogP contribution is 2.26. The van der Waals surface area contributed by atoms with Gasteiger partial charge in [-0.3, -0.25) is 4.79 Å². The van der Waals surface area contributed by atoms with Crippen molar-refractivity contribution in [2.45, 2.75) is 39.0 Å². The molecule has 0 radical (unpaired) electrons. The summed E-state index contributed by atoms with van der Waals surface area (Å²) in [6.45, 7) is 2.40. The van der Waals surface area contributed by atoms with E-state index in [0.717, 1.165) is 0 Å². The quantitative estimate of drug-likeness (QED) is 0.868. The second-order valence-corrected chi connectivity index (χ2v) is 5.64. The summed E-state index contributed by atoms with van der Waals surface area (Å²) < 4.78 is 38.3. The first kappa shape index (κ1) is 17.5. The Bertz CT molecular complexity index is 533. The number of hydrogen-bond donors (Lipinski definition) is 1. The van der Waals surface area contributed by atoms with Gasteiger partial charge in [0.25, 0.3) is 6.43 Å². The molecular formula is C15H21F3N4O. The molecule has 0 bridgehead atoms. The number of aromatic nitrogens is 2. The average Bonchev–Trinajstić information content (AvgIpc) is 2.54. The number of nitrogens with zero attached hydrogens (tertiary/aromatic N) is 3. The van der Waals surface area contributed by atoms with Gasteiger partial charge in [-0.1, -0.05) is 6.92 Å². The van der Waals surface area contributed by atoms with E-state index in [4.69, 9.17) is 0 Å². The van der Waals surface area contributed by atoms with E-state index in [1.165, 1.54) is 6.33 Å². The molecule has 128 valence electrons. The van der Waals surface area contributed by atoms with Crippen molar-refractivity contribution in [3.63, 3.8) is 0 Å². The Kier molecular flexibility index (Phi) is 6.18. The zero-order chi connectivity index (χ0) is 16.8. The van der Waals surface area contributed by atoms with Gasteiger partial charge < -0.3 is 10.2 Å². The molecule has 1 aromatic rings. The predicted molar refractivity (Wildman–Crippen MR) is 79.9 cm³/mol. The number of piperidine rings is 1. The van der Waals surface area contributed by atoms with E-state index in [9.17, 15) is 18.0 Å². The van der Waals surface area contributed by atoms with Crippen molar-refractivity contribution in [2.24, 2.45) is 5.92 Å². The third-order valence-electron chi connectivity index (χ3n) is 4.02. The Hall–Kier alpha value is -1.86. The summed E-state index contributed by atoms with van der Waals surface area (Å²) in [5, 5.41) is 2.21. The topological polar surface area (TPSA) is 58.1 Å². The fraction of sp³-hybridized carbons (Fsp3) is 0.667. The molecule has 23 heavy (non-hydrogen) atoms. The van der Waals surface area contributed by atoms with Gasteiger partial charge in [0.15, 0.2) is 11.6 Å². The van der Waals surface area contributed by atoms with E-state index in [0.29, 0.717) is 43.9 Å². The van der Waals surface area contributed by atoms with Gasteiger partial charge in [-0.05, 0) is 25.2 Å². The molecular weight excluding hydrogens is 309 g/mol. The van der Waals surface area contributed by atoms with Gasteiger partial charge in [0.1, 0.15) is 6.33 Å². The van der Waals surface area contributed by atoms with Crippen LogP contribution in [0.3, 0.4) is 0 Å². The second kappa shape index (κ2) is 8.12. The number of alkyl halides is 2. The van der Waals surface area contributed by atoms with Gasteiger partial charge in [0.05, 0.1) is 12.2 Å². The van der Waals surface area contributed by atoms with Crippen molar-refractivity contribution in [1.29, 1.82) is 0 Å². The lowest BCUT2D eigenvalue weighted by atomic mass is 9.93. The van der Waals surface area contributed by atoms with Gasteiger partial charge in [-0.25, -0.2) is 23.1 Å². The lowest BCUT2D eigenvalue weighted by Gasteiger charge is -2.32. The molecule has 1 aromatic heterocycles. The zero-order valence-electron chi connectivity index (χ0n) is 13.1. The molecule has 0 aromatic carbocycles. The molecule has 5 nitrogen and oxygen atoms in total. The number of hydrogen-bond acceptors (Lipinski definition) is 4. The molecule has 8 heteroatoms. The normalized spacial score (nSPS) is 16.0. The van der Waals surface area contributed by atoms with Crippen LogP contribution in [0.25, 0.3) is 0 Å². The minimum atomic E-state index is -2.53. The number of rotatable bonds is 6. The molecule has 1 amide bonds. The van der Waals surface area contributed by atoms with Crippen LogP contribution < -0.4 is 10.2 Å². The third-order valence-corrected chi connectivity index (χ3v) is 4.02. The highest BCUT2D eigenvalue weighted by atomic mass is 19.3. The molecule has 1 aliphatic rings. The minimum absolute atomic E-state index is 0.125. The van der Waals surface area contributed by atoms with Crippen molar-refractivity contribution in [2.75, 3.05) is 24.5 Å². The monoisotopic (exact) mass is 330 g/mol. The van der Waals surface area contributed by atoms with E-state index in [1.807, 2.05) is 11.8 Å². The first-order valence-corrected chi connectivity index (χ1v) is 7.80. The molecule has 0 atom stereocenters. The predicted octanol–water partition coefficient (Wildman–Crippen LogP) is 2.17. The van der Waals surface area contributed by atoms with Crippen molar-refractivity contribution >= 4 is 11.7 Å². The highest BCUT2D eigenvalue weighted by molar-refractivity contribution is 5.76. The van der Waals surface area contributed by atoms with Crippen molar-refractivity contribution < 1.29 is 18.0 Å². The number of amides is 1. The SMILES string of the molecule is CCc1ncnc(N2CCC(CC(=O)NCC(F)F)CC2)c1F. The van der Waals surface area contributed by atoms with Crippen LogP contribution >= 0.6 is 0 Å². The standard InChI is InChI=1S/C15H21F3N4O/c1-2-11-14(18)15(21-9-20-11)22-5-3-10(4-6-22)7-13(23)19-8-12(16)17/h9-10,12H,2-8H2,1H3,(H,19,23). The smallest absolute Gasteiger partial charge is 0.255 e. The molecule has 0 aliphatic carbocycles. The number of anilines is 1. The van der Waals surface area contributed by atoms with Gasteiger partial charge in [-0.15, -0.1) is 0 Å². The summed E-state index contributed by atoms with van der Waals surface area (Å²) in [7, 11) is 0. The Balaban J connectivity index is 1.85. The maximum atomic E-state index is 14.2. The molecule has 1 N–H and O–H groups in total. The Morgan fingerprint density at radius 2 is 2.09 bits per heavy atom. The van der Waals surface area contributed by atoms with Crippen LogP contribution in [0.2, 0.25) is 0 Å². The van der Waals surface area contributed by atoms with Gasteiger partial charge in [-0.2, -0.15) is 0 Å². The van der Waals surface area contributed by atoms with Crippen LogP contribution in [0, 0.1) is 11.7 Å². The van der Waals surface area contributed by atoms with Crippen LogP contribution in [0.4, 0.5) is 19.0 Å². The van der Waals surface area contributed by atoms with Crippen molar-refractivity contribution in [3.8, 4) is 0 Å². The van der Waals surface area contributed by atoms with Gasteiger partial charge in [0.2, 0.25) is 5.91 Å². The van der Waals surface area contributed by atoms with E-state index < -0.39 is 13.0 Å². The van der Waals surface area contributed by atoms with Crippen LogP contribution in [0.5, 0.6) is 0 Å². The second-order valence-electron chi connectivity index (χ2n) is 5.64. The molecule has 1 fully saturated rings. The largest absolute Gasteiger partial charge is 0.354 e. The van der Waals surface area contributed by atoms with Gasteiger partial charge in [0, 0.05) is 19.5 Å². The lowest BCUT2D eigenvalue weighted by molar-refractivity contribution is -0.122. The number of nitrogens with one attached hydrogen (secondary N) is 1. The van der Waals surface area contributed by atoms with Crippen LogP contribution in [-0.2, 0) is 11.2 Å². The average molecular weight is 330 g/mol. The Morgan fingerprint density at radius 3 is 2.70 bits per heavy atom. The van der Waals surface area contributed by atoms with E-state index in [1.54, 1.807) is 0 Å². The first-order valence-electron chi connectivity index (χ1n) is 7.80. The van der Waals surface area contributed by atoms with Crippen LogP contribution in [0.15, 0.2) is 6.33 Å². The fourth-order valence-corrected chi connectivity index (χ4v) is 2.74. The number of carbonyl (C=O) groups excluding carboxylic acids is 1. The van der Waals surface area contributed by atoms with Crippen LogP contribution in [0.1, 0.15) is 31.9 Å². The Morgan fingerprint density at radius 1 is 1.39 bits per heavy atom. The lowest BCUT2D eigenvalue weighted by Crippen LogP contribution is -2.37. The molecule has 2 heterocycles. The molecule has 2 rings (SSSR count). The third kappa shape index (κ3) is 4.80. The molecule has 0 saturated carbocycles. The molecule has 0 spiro atoms. The molecule has 1 saturated heterocycles. The first-order chi connectivity index (χ1) is 11.0. The van der Waals surface area contributed by atoms with E-state index in [-0.39, 0.29) is 24.1 Å². The fourth-order valence-electron chi connectivity index (χ4n) is 2.74. The number of carbonyl (C=O) groups is 1. The molecule has 0 unspecified atom stereocenters. The van der Waals surface area contributed by atoms with Crippen molar-refractivity contribution in [1.82, 2.24) is 15.3 Å². The summed E-state index contributed by atoms with van der Waals surface area (Å²) in [4.78, 5) is 21.4. The minimum Gasteiger partial charge on any atom is -0.354 e. The van der Waals surface area contributed by atoms with E-state index >= 15 is 0 Å². The van der Waals surface area contributed by atoms with Gasteiger partial charge >= 0.3 is 0 Å². The summed E-state index contributed by atoms with van der Waals surface area (Å²) >= 11 is 0. The summed E-state index contributed by atoms with van der Waals surface area (Å²) in [5.41, 5.74) is 0.392. The summed E-state index contributed by atoms with van der Waals surface area (Å²) in [6, 6.07) is 0. The summed E-state index contributed by atoms with van der Waals surface area (Å²) in [6.07, 6.45) is 0.963. The molecule has 1 aliphatic heterocycles. The maximum Gasteiger partial charge on any atom is 0.255 e. The van der Waals surface area contributed by atoms with Crippen molar-refractivity contribution in [3.05, 3.63) is 17.8 Å². The highest BCUT2D eigenvalue weighted by Gasteiger charge is 2.25. The van der Waals surface area contributed by atoms with Crippen LogP contribution in [-0.4, -0.2) is 41.9 Å². The number of aryl methyl sites for hydroxylation is 1.